The van der Waals surface area contributed by atoms with Crippen molar-refractivity contribution in [3.63, 3.8) is 0 Å². The molecule has 4 unspecified atom stereocenters. The average molecular weight is 550 g/mol. The Bertz CT molecular complexity index is 1510. The van der Waals surface area contributed by atoms with Gasteiger partial charge in [0.25, 0.3) is 0 Å². The van der Waals surface area contributed by atoms with Gasteiger partial charge in [-0.15, -0.1) is 0 Å². The van der Waals surface area contributed by atoms with Crippen molar-refractivity contribution in [1.29, 1.82) is 0 Å². The van der Waals surface area contributed by atoms with Crippen LogP contribution in [-0.2, 0) is 4.79 Å². The summed E-state index contributed by atoms with van der Waals surface area (Å²) in [5.41, 5.74) is 5.24. The molecule has 1 aliphatic carbocycles. The summed E-state index contributed by atoms with van der Waals surface area (Å²) in [6.07, 6.45) is 8.20. The number of piperidine rings is 2. The van der Waals surface area contributed by atoms with Gasteiger partial charge in [-0.3, -0.25) is 15.6 Å². The lowest BCUT2D eigenvalue weighted by Crippen LogP contribution is -2.48. The zero-order chi connectivity index (χ0) is 27.9. The molecular weight excluding hydrogens is 510 g/mol. The molecule has 8 heteroatoms. The second-order valence-electron chi connectivity index (χ2n) is 12.3. The standard InChI is InChI=1S/C33H39N7O/c1-38-16-12-23(13-17-38)30-21-39(34)18-14-27(30)31-32-24(11-15-35-31)20-36-40(32)26-9-7-25(8-10-26)37-33(41)29-19-28(29)22-5-3-2-4-6-22/h2-11,15,20,23,27-30H,12-14,16-19,21,34H2,1H3,(H,37,41). The van der Waals surface area contributed by atoms with Crippen molar-refractivity contribution in [1.82, 2.24) is 24.7 Å². The lowest BCUT2D eigenvalue weighted by atomic mass is 9.72. The van der Waals surface area contributed by atoms with Crippen LogP contribution < -0.4 is 11.2 Å². The maximum absolute atomic E-state index is 12.9. The van der Waals surface area contributed by atoms with Gasteiger partial charge in [-0.05, 0) is 99.5 Å². The van der Waals surface area contributed by atoms with E-state index in [1.165, 1.54) is 18.4 Å². The molecule has 3 fully saturated rings. The Kier molecular flexibility index (Phi) is 7.06. The highest BCUT2D eigenvalue weighted by atomic mass is 16.2. The normalized spacial score (nSPS) is 25.8. The molecule has 8 nitrogen and oxygen atoms in total. The minimum Gasteiger partial charge on any atom is -0.326 e. The highest BCUT2D eigenvalue weighted by Crippen LogP contribution is 2.48. The van der Waals surface area contributed by atoms with Crippen LogP contribution in [0, 0.1) is 17.8 Å². The Labute approximate surface area is 241 Å². The molecule has 3 aliphatic rings. The van der Waals surface area contributed by atoms with E-state index in [9.17, 15) is 4.79 Å². The number of hydrazine groups is 1. The number of carbonyl (C=O) groups is 1. The topological polar surface area (TPSA) is 92.3 Å². The summed E-state index contributed by atoms with van der Waals surface area (Å²) < 4.78 is 2.02. The minimum atomic E-state index is 0.0400. The Morgan fingerprint density at radius 2 is 1.73 bits per heavy atom. The van der Waals surface area contributed by atoms with E-state index in [2.05, 4.69) is 35.5 Å². The number of carbonyl (C=O) groups excluding carboxylic acids is 1. The monoisotopic (exact) mass is 549 g/mol. The Morgan fingerprint density at radius 1 is 0.951 bits per heavy atom. The fourth-order valence-corrected chi connectivity index (χ4v) is 7.22. The second kappa shape index (κ2) is 11.0. The largest absolute Gasteiger partial charge is 0.326 e. The fourth-order valence-electron chi connectivity index (χ4n) is 7.22. The zero-order valence-corrected chi connectivity index (χ0v) is 23.7. The first-order chi connectivity index (χ1) is 20.0. The molecule has 2 aromatic heterocycles. The zero-order valence-electron chi connectivity index (χ0n) is 23.7. The van der Waals surface area contributed by atoms with Crippen LogP contribution in [0.25, 0.3) is 16.6 Å². The van der Waals surface area contributed by atoms with E-state index < -0.39 is 0 Å². The number of likely N-dealkylation sites (tertiary alicyclic amines) is 1. The van der Waals surface area contributed by atoms with E-state index in [-0.39, 0.29) is 11.8 Å². The summed E-state index contributed by atoms with van der Waals surface area (Å²) in [4.78, 5) is 20.4. The molecule has 212 valence electrons. The summed E-state index contributed by atoms with van der Waals surface area (Å²) in [6, 6.07) is 20.4. The highest BCUT2D eigenvalue weighted by Gasteiger charge is 2.44. The third-order valence-electron chi connectivity index (χ3n) is 9.65. The van der Waals surface area contributed by atoms with Gasteiger partial charge in [0.15, 0.2) is 0 Å². The van der Waals surface area contributed by atoms with Gasteiger partial charge in [0.1, 0.15) is 0 Å². The van der Waals surface area contributed by atoms with Crippen LogP contribution >= 0.6 is 0 Å². The predicted molar refractivity (Wildman–Crippen MR) is 162 cm³/mol. The Morgan fingerprint density at radius 3 is 2.51 bits per heavy atom. The van der Waals surface area contributed by atoms with E-state index in [4.69, 9.17) is 15.9 Å². The average Bonchev–Trinajstić information content (AvgIpc) is 3.70. The molecule has 0 radical (unpaired) electrons. The van der Waals surface area contributed by atoms with Gasteiger partial charge in [-0.1, -0.05) is 30.3 Å². The number of benzene rings is 2. The number of rotatable bonds is 6. The first-order valence-corrected chi connectivity index (χ1v) is 15.0. The van der Waals surface area contributed by atoms with E-state index in [0.717, 1.165) is 67.0 Å². The number of nitrogens with two attached hydrogens (primary N) is 1. The molecule has 3 N–H and O–H groups in total. The summed E-state index contributed by atoms with van der Waals surface area (Å²) in [6.45, 7) is 4.07. The van der Waals surface area contributed by atoms with Crippen LogP contribution in [0.1, 0.15) is 48.8 Å². The van der Waals surface area contributed by atoms with Crippen molar-refractivity contribution in [2.45, 2.75) is 37.5 Å². The lowest BCUT2D eigenvalue weighted by molar-refractivity contribution is -0.117. The second-order valence-corrected chi connectivity index (χ2v) is 12.3. The van der Waals surface area contributed by atoms with Crippen molar-refractivity contribution in [3.05, 3.63) is 84.3 Å². The fraction of sp³-hybridized carbons (Fsp3) is 0.424. The molecule has 4 heterocycles. The van der Waals surface area contributed by atoms with Crippen molar-refractivity contribution < 1.29 is 4.79 Å². The molecule has 0 bridgehead atoms. The molecule has 2 aromatic carbocycles. The molecule has 41 heavy (non-hydrogen) atoms. The summed E-state index contributed by atoms with van der Waals surface area (Å²) in [7, 11) is 2.22. The smallest absolute Gasteiger partial charge is 0.228 e. The summed E-state index contributed by atoms with van der Waals surface area (Å²) in [5, 5.41) is 11.0. The molecule has 0 spiro atoms. The molecular formula is C33H39N7O. The maximum atomic E-state index is 12.9. The van der Waals surface area contributed by atoms with Gasteiger partial charge >= 0.3 is 0 Å². The van der Waals surface area contributed by atoms with Gasteiger partial charge in [-0.2, -0.15) is 5.10 Å². The third-order valence-corrected chi connectivity index (χ3v) is 9.65. The van der Waals surface area contributed by atoms with Gasteiger partial charge in [-0.25, -0.2) is 9.69 Å². The van der Waals surface area contributed by atoms with Crippen LogP contribution in [0.15, 0.2) is 73.1 Å². The van der Waals surface area contributed by atoms with Crippen molar-refractivity contribution in [3.8, 4) is 5.69 Å². The molecule has 7 rings (SSSR count). The number of nitrogens with one attached hydrogen (secondary N) is 1. The van der Waals surface area contributed by atoms with Gasteiger partial charge in [0, 0.05) is 42.2 Å². The van der Waals surface area contributed by atoms with Gasteiger partial charge < -0.3 is 10.2 Å². The number of amides is 1. The summed E-state index contributed by atoms with van der Waals surface area (Å²) >= 11 is 0. The maximum Gasteiger partial charge on any atom is 0.228 e. The molecule has 2 saturated heterocycles. The number of pyridine rings is 1. The number of nitrogens with zero attached hydrogens (tertiary/aromatic N) is 5. The Hall–Kier alpha value is -3.59. The quantitative estimate of drug-likeness (QED) is 0.336. The number of hydrogen-bond acceptors (Lipinski definition) is 6. The van der Waals surface area contributed by atoms with E-state index in [1.807, 2.05) is 64.5 Å². The highest BCUT2D eigenvalue weighted by molar-refractivity contribution is 5.95. The molecule has 1 saturated carbocycles. The molecule has 1 amide bonds. The van der Waals surface area contributed by atoms with Crippen molar-refractivity contribution in [2.24, 2.45) is 23.6 Å². The van der Waals surface area contributed by atoms with Crippen LogP contribution in [0.4, 0.5) is 5.69 Å². The number of anilines is 1. The SMILES string of the molecule is CN1CCC(C2CN(N)CCC2c2nccc3cnn(-c4ccc(NC(=O)C5CC5c5ccccc5)cc4)c23)CC1. The molecule has 4 aromatic rings. The van der Waals surface area contributed by atoms with Gasteiger partial charge in [0.05, 0.1) is 23.1 Å². The first kappa shape index (κ1) is 26.3. The molecule has 4 atom stereocenters. The van der Waals surface area contributed by atoms with E-state index in [1.54, 1.807) is 0 Å². The van der Waals surface area contributed by atoms with Crippen LogP contribution in [0.2, 0.25) is 0 Å². The van der Waals surface area contributed by atoms with Crippen LogP contribution in [0.5, 0.6) is 0 Å². The summed E-state index contributed by atoms with van der Waals surface area (Å²) in [5.74, 6) is 8.29. The first-order valence-electron chi connectivity index (χ1n) is 15.0. The van der Waals surface area contributed by atoms with Crippen molar-refractivity contribution in [2.75, 3.05) is 38.5 Å². The lowest BCUT2D eigenvalue weighted by Gasteiger charge is -2.43. The van der Waals surface area contributed by atoms with E-state index in [0.29, 0.717) is 23.7 Å². The minimum absolute atomic E-state index is 0.0400. The number of hydrogen-bond donors (Lipinski definition) is 2. The Balaban J connectivity index is 1.12. The number of fused-ring (bicyclic) bond motifs is 1. The predicted octanol–water partition coefficient (Wildman–Crippen LogP) is 4.78. The third kappa shape index (κ3) is 5.27. The van der Waals surface area contributed by atoms with Crippen LogP contribution in [0.3, 0.4) is 0 Å². The number of aromatic nitrogens is 3. The molecule has 2 aliphatic heterocycles. The van der Waals surface area contributed by atoms with Crippen LogP contribution in [-0.4, -0.2) is 63.8 Å². The van der Waals surface area contributed by atoms with Crippen molar-refractivity contribution >= 4 is 22.5 Å². The van der Waals surface area contributed by atoms with E-state index >= 15 is 0 Å². The van der Waals surface area contributed by atoms with Gasteiger partial charge in [0.2, 0.25) is 5.91 Å².